The molecule has 3 aromatic heterocycles. The van der Waals surface area contributed by atoms with Crippen molar-refractivity contribution in [3.8, 4) is 5.82 Å². The summed E-state index contributed by atoms with van der Waals surface area (Å²) >= 11 is 0. The summed E-state index contributed by atoms with van der Waals surface area (Å²) in [5.41, 5.74) is 0.894. The van der Waals surface area contributed by atoms with Crippen LogP contribution >= 0.6 is 0 Å². The van der Waals surface area contributed by atoms with E-state index in [2.05, 4.69) is 30.3 Å². The molecule has 0 atom stereocenters. The van der Waals surface area contributed by atoms with Gasteiger partial charge in [0.1, 0.15) is 11.6 Å². The third-order valence-electron chi connectivity index (χ3n) is 3.90. The maximum Gasteiger partial charge on any atom is 0.259 e. The lowest BCUT2D eigenvalue weighted by atomic mass is 10.5. The Morgan fingerprint density at radius 3 is 2.52 bits per heavy atom. The van der Waals surface area contributed by atoms with E-state index in [0.717, 1.165) is 5.69 Å². The molecular weight excluding hydrogens is 368 g/mol. The first-order chi connectivity index (χ1) is 12.9. The van der Waals surface area contributed by atoms with E-state index >= 15 is 0 Å². The zero-order valence-electron chi connectivity index (χ0n) is 15.4. The molecule has 0 aliphatic rings. The Labute approximate surface area is 157 Å². The average molecular weight is 390 g/mol. The Kier molecular flexibility index (Phi) is 5.51. The van der Waals surface area contributed by atoms with Crippen LogP contribution in [0.3, 0.4) is 0 Å². The number of hydrogen-bond acceptors (Lipinski definition) is 7. The van der Waals surface area contributed by atoms with Gasteiger partial charge in [0.25, 0.3) is 10.0 Å². The molecule has 0 unspecified atom stereocenters. The molecule has 3 rings (SSSR count). The summed E-state index contributed by atoms with van der Waals surface area (Å²) in [4.78, 5) is 4.09. The van der Waals surface area contributed by atoms with Crippen LogP contribution in [0.25, 0.3) is 5.82 Å². The van der Waals surface area contributed by atoms with Gasteiger partial charge < -0.3 is 9.88 Å². The lowest BCUT2D eigenvalue weighted by Crippen LogP contribution is -2.29. The molecule has 10 nitrogen and oxygen atoms in total. The Morgan fingerprint density at radius 2 is 1.93 bits per heavy atom. The van der Waals surface area contributed by atoms with Gasteiger partial charge in [-0.3, -0.25) is 0 Å². The smallest absolute Gasteiger partial charge is 0.259 e. The first kappa shape index (κ1) is 19.0. The molecule has 3 heterocycles. The molecule has 0 bridgehead atoms. The van der Waals surface area contributed by atoms with E-state index in [0.29, 0.717) is 30.5 Å². The Balaban J connectivity index is 1.52. The second-order valence-corrected chi connectivity index (χ2v) is 7.63. The average Bonchev–Trinajstić information content (AvgIpc) is 3.25. The summed E-state index contributed by atoms with van der Waals surface area (Å²) in [6.07, 6.45) is 3.34. The molecule has 3 aromatic rings. The molecule has 0 amide bonds. The number of imidazole rings is 1. The predicted octanol–water partition coefficient (Wildman–Crippen LogP) is 0.886. The fourth-order valence-corrected chi connectivity index (χ4v) is 3.50. The topological polar surface area (TPSA) is 120 Å². The summed E-state index contributed by atoms with van der Waals surface area (Å²) in [5, 5.41) is 15.5. The van der Waals surface area contributed by atoms with E-state index in [1.165, 1.54) is 6.20 Å². The highest BCUT2D eigenvalue weighted by Crippen LogP contribution is 2.09. The maximum absolute atomic E-state index is 12.3. The first-order valence-electron chi connectivity index (χ1n) is 8.53. The third kappa shape index (κ3) is 4.49. The van der Waals surface area contributed by atoms with Crippen LogP contribution < -0.4 is 10.0 Å². The fourth-order valence-electron chi connectivity index (χ4n) is 2.46. The van der Waals surface area contributed by atoms with Gasteiger partial charge >= 0.3 is 0 Å². The standard InChI is InChI=1S/C16H22N8O2S/c1-4-23-11-16(19-13(23)3)27(25,26)18-9-8-17-14-5-6-15(21-20-14)24-10-7-12(2)22-24/h5-7,10-11,18H,4,8-9H2,1-3H3,(H,17,20). The Morgan fingerprint density at radius 1 is 1.11 bits per heavy atom. The van der Waals surface area contributed by atoms with Crippen LogP contribution in [0.5, 0.6) is 0 Å². The van der Waals surface area contributed by atoms with Crippen molar-refractivity contribution in [1.29, 1.82) is 0 Å². The van der Waals surface area contributed by atoms with Gasteiger partial charge in [-0.2, -0.15) is 5.10 Å². The predicted molar refractivity (Wildman–Crippen MR) is 100 cm³/mol. The van der Waals surface area contributed by atoms with Gasteiger partial charge in [-0.05, 0) is 39.0 Å². The quantitative estimate of drug-likeness (QED) is 0.548. The number of aryl methyl sites for hydroxylation is 3. The van der Waals surface area contributed by atoms with Crippen molar-refractivity contribution in [3.05, 3.63) is 42.1 Å². The molecule has 0 spiro atoms. The van der Waals surface area contributed by atoms with Crippen LogP contribution in [0.4, 0.5) is 5.82 Å². The number of nitrogens with zero attached hydrogens (tertiary/aromatic N) is 6. The van der Waals surface area contributed by atoms with Gasteiger partial charge in [0.05, 0.1) is 5.69 Å². The van der Waals surface area contributed by atoms with Crippen molar-refractivity contribution >= 4 is 15.8 Å². The molecule has 0 fully saturated rings. The van der Waals surface area contributed by atoms with Crippen LogP contribution in [0, 0.1) is 13.8 Å². The van der Waals surface area contributed by atoms with E-state index in [-0.39, 0.29) is 11.6 Å². The third-order valence-corrected chi connectivity index (χ3v) is 5.23. The van der Waals surface area contributed by atoms with Gasteiger partial charge in [0.15, 0.2) is 10.8 Å². The number of rotatable bonds is 8. The molecule has 2 N–H and O–H groups in total. The van der Waals surface area contributed by atoms with Crippen molar-refractivity contribution in [2.75, 3.05) is 18.4 Å². The van der Waals surface area contributed by atoms with E-state index in [1.807, 2.05) is 26.1 Å². The molecule has 0 saturated carbocycles. The van der Waals surface area contributed by atoms with Gasteiger partial charge in [-0.15, -0.1) is 10.2 Å². The van der Waals surface area contributed by atoms with E-state index in [4.69, 9.17) is 0 Å². The van der Waals surface area contributed by atoms with Gasteiger partial charge in [0.2, 0.25) is 0 Å². The largest absolute Gasteiger partial charge is 0.367 e. The van der Waals surface area contributed by atoms with Crippen molar-refractivity contribution < 1.29 is 8.42 Å². The zero-order valence-corrected chi connectivity index (χ0v) is 16.2. The number of aromatic nitrogens is 6. The Bertz CT molecular complexity index is 1010. The van der Waals surface area contributed by atoms with Gasteiger partial charge in [-0.1, -0.05) is 0 Å². The van der Waals surface area contributed by atoms with E-state index in [1.54, 1.807) is 28.3 Å². The first-order valence-corrected chi connectivity index (χ1v) is 10.0. The monoisotopic (exact) mass is 390 g/mol. The minimum atomic E-state index is -3.64. The van der Waals surface area contributed by atoms with Crippen molar-refractivity contribution in [2.45, 2.75) is 32.3 Å². The molecule has 11 heteroatoms. The zero-order chi connectivity index (χ0) is 19.4. The molecule has 0 aliphatic carbocycles. The highest BCUT2D eigenvalue weighted by molar-refractivity contribution is 7.89. The molecule has 0 aliphatic heterocycles. The highest BCUT2D eigenvalue weighted by Gasteiger charge is 2.18. The molecule has 0 radical (unpaired) electrons. The normalized spacial score (nSPS) is 11.7. The van der Waals surface area contributed by atoms with Crippen LogP contribution in [0.2, 0.25) is 0 Å². The molecule has 0 aromatic carbocycles. The van der Waals surface area contributed by atoms with Crippen LogP contribution in [-0.2, 0) is 16.6 Å². The van der Waals surface area contributed by atoms with E-state index in [9.17, 15) is 8.42 Å². The second kappa shape index (κ2) is 7.84. The van der Waals surface area contributed by atoms with Crippen LogP contribution in [-0.4, -0.2) is 51.0 Å². The number of nitrogens with one attached hydrogen (secondary N) is 2. The number of hydrogen-bond donors (Lipinski definition) is 2. The number of sulfonamides is 1. The Hall–Kier alpha value is -2.79. The molecular formula is C16H22N8O2S. The molecule has 144 valence electrons. The van der Waals surface area contributed by atoms with Crippen molar-refractivity contribution in [2.24, 2.45) is 0 Å². The minimum absolute atomic E-state index is 0.0283. The van der Waals surface area contributed by atoms with Crippen LogP contribution in [0.15, 0.2) is 35.6 Å². The molecule has 0 saturated heterocycles. The summed E-state index contributed by atoms with van der Waals surface area (Å²) in [6.45, 7) is 6.83. The van der Waals surface area contributed by atoms with Gasteiger partial charge in [0, 0.05) is 32.0 Å². The summed E-state index contributed by atoms with van der Waals surface area (Å²) in [6, 6.07) is 5.43. The highest BCUT2D eigenvalue weighted by atomic mass is 32.2. The summed E-state index contributed by atoms with van der Waals surface area (Å²) < 4.78 is 30.5. The van der Waals surface area contributed by atoms with Gasteiger partial charge in [-0.25, -0.2) is 22.8 Å². The van der Waals surface area contributed by atoms with Crippen molar-refractivity contribution in [1.82, 2.24) is 34.3 Å². The SMILES string of the molecule is CCn1cc(S(=O)(=O)NCCNc2ccc(-n3ccc(C)n3)nn2)nc1C. The lowest BCUT2D eigenvalue weighted by molar-refractivity contribution is 0.579. The van der Waals surface area contributed by atoms with E-state index < -0.39 is 10.0 Å². The minimum Gasteiger partial charge on any atom is -0.367 e. The summed E-state index contributed by atoms with van der Waals surface area (Å²) in [5.74, 6) is 1.82. The lowest BCUT2D eigenvalue weighted by Gasteiger charge is -2.07. The van der Waals surface area contributed by atoms with Crippen LogP contribution in [0.1, 0.15) is 18.4 Å². The second-order valence-electron chi connectivity index (χ2n) is 5.92. The number of anilines is 1. The van der Waals surface area contributed by atoms with Crippen molar-refractivity contribution in [3.63, 3.8) is 0 Å². The fraction of sp³-hybridized carbons (Fsp3) is 0.375. The summed E-state index contributed by atoms with van der Waals surface area (Å²) in [7, 11) is -3.64. The maximum atomic E-state index is 12.3. The molecule has 27 heavy (non-hydrogen) atoms.